The molecule has 0 aliphatic rings. The minimum absolute atomic E-state index is 0.352. The first kappa shape index (κ1) is 25.2. The van der Waals surface area contributed by atoms with Gasteiger partial charge in [-0.15, -0.1) is 0 Å². The zero-order chi connectivity index (χ0) is 23.9. The third kappa shape index (κ3) is 7.88. The molecule has 0 radical (unpaired) electrons. The van der Waals surface area contributed by atoms with Crippen molar-refractivity contribution in [2.45, 2.75) is 39.3 Å². The molecule has 2 aromatic carbocycles. The van der Waals surface area contributed by atoms with Crippen LogP contribution in [0.4, 0.5) is 15.8 Å². The van der Waals surface area contributed by atoms with Crippen LogP contribution >= 0.6 is 0 Å². The molecule has 0 saturated carbocycles. The summed E-state index contributed by atoms with van der Waals surface area (Å²) in [7, 11) is -1.81. The lowest BCUT2D eigenvalue weighted by atomic mass is 10.1. The van der Waals surface area contributed by atoms with E-state index in [0.717, 1.165) is 0 Å². The second-order valence-corrected chi connectivity index (χ2v) is 9.76. The third-order valence-corrected chi connectivity index (χ3v) is 5.43. The highest BCUT2D eigenvalue weighted by Gasteiger charge is 2.30. The van der Waals surface area contributed by atoms with Gasteiger partial charge >= 0.3 is 0 Å². The summed E-state index contributed by atoms with van der Waals surface area (Å²) < 4.78 is 25.5. The molecule has 0 fully saturated rings. The van der Waals surface area contributed by atoms with Gasteiger partial charge in [0.25, 0.3) is 0 Å². The first-order valence-electron chi connectivity index (χ1n) is 10.1. The van der Waals surface area contributed by atoms with Crippen LogP contribution in [0.3, 0.4) is 0 Å². The molecule has 2 atom stereocenters. The zero-order valence-electron chi connectivity index (χ0n) is 18.6. The molecule has 0 aliphatic carbocycles. The number of para-hydroxylation sites is 1. The van der Waals surface area contributed by atoms with E-state index in [4.69, 9.17) is 0 Å². The van der Waals surface area contributed by atoms with Gasteiger partial charge in [0, 0.05) is 27.7 Å². The summed E-state index contributed by atoms with van der Waals surface area (Å²) in [5.41, 5.74) is 0.359. The van der Waals surface area contributed by atoms with E-state index in [1.165, 1.54) is 29.2 Å². The topological polar surface area (TPSA) is 95.6 Å². The van der Waals surface area contributed by atoms with E-state index in [1.807, 2.05) is 20.8 Å². The van der Waals surface area contributed by atoms with Crippen LogP contribution in [-0.2, 0) is 25.2 Å². The van der Waals surface area contributed by atoms with Gasteiger partial charge in [-0.3, -0.25) is 23.5 Å². The van der Waals surface area contributed by atoms with E-state index in [1.54, 1.807) is 37.3 Å². The van der Waals surface area contributed by atoms with Gasteiger partial charge in [0.15, 0.2) is 0 Å². The number of halogens is 1. The predicted molar refractivity (Wildman–Crippen MR) is 124 cm³/mol. The number of nitrogens with zero attached hydrogens (tertiary/aromatic N) is 1. The molecule has 2 rings (SSSR count). The highest BCUT2D eigenvalue weighted by molar-refractivity contribution is 7.86. The normalized spacial score (nSPS) is 13.0. The Kier molecular flexibility index (Phi) is 8.65. The van der Waals surface area contributed by atoms with E-state index in [0.29, 0.717) is 11.4 Å². The van der Waals surface area contributed by atoms with Crippen molar-refractivity contribution in [1.82, 2.24) is 5.32 Å². The molecule has 0 bridgehead atoms. The standard InChI is InChI=1S/C23H28FN3O4S/c1-16(22(30)26-23(2,3)4)27(19-8-6-5-7-9-19)21(29)15-32(31)14-20(28)25-18-12-10-17(24)11-13-18/h5-13,16H,14-15H2,1-4H3,(H,25,28)(H,26,30)/t16-,32+/m0/s1. The van der Waals surface area contributed by atoms with Crippen molar-refractivity contribution in [3.8, 4) is 0 Å². The second-order valence-electron chi connectivity index (χ2n) is 8.30. The Bertz CT molecular complexity index is 975. The summed E-state index contributed by atoms with van der Waals surface area (Å²) in [5, 5.41) is 5.35. The van der Waals surface area contributed by atoms with E-state index in [9.17, 15) is 23.0 Å². The van der Waals surface area contributed by atoms with Crippen molar-refractivity contribution in [1.29, 1.82) is 0 Å². The van der Waals surface area contributed by atoms with Crippen LogP contribution in [0.1, 0.15) is 27.7 Å². The molecular formula is C23H28FN3O4S. The van der Waals surface area contributed by atoms with Gasteiger partial charge < -0.3 is 10.6 Å². The lowest BCUT2D eigenvalue weighted by molar-refractivity contribution is -0.126. The van der Waals surface area contributed by atoms with E-state index in [2.05, 4.69) is 10.6 Å². The van der Waals surface area contributed by atoms with Crippen molar-refractivity contribution in [2.75, 3.05) is 21.7 Å². The molecule has 0 aliphatic heterocycles. The number of carbonyl (C=O) groups excluding carboxylic acids is 3. The summed E-state index contributed by atoms with van der Waals surface area (Å²) in [5.74, 6) is -2.74. The first-order valence-corrected chi connectivity index (χ1v) is 11.5. The largest absolute Gasteiger partial charge is 0.350 e. The fraction of sp³-hybridized carbons (Fsp3) is 0.348. The number of anilines is 2. The third-order valence-electron chi connectivity index (χ3n) is 4.27. The Hall–Kier alpha value is -3.07. The van der Waals surface area contributed by atoms with Crippen LogP contribution in [-0.4, -0.2) is 45.0 Å². The highest BCUT2D eigenvalue weighted by Crippen LogP contribution is 2.18. The molecule has 2 aromatic rings. The zero-order valence-corrected chi connectivity index (χ0v) is 19.4. The molecule has 0 unspecified atom stereocenters. The lowest BCUT2D eigenvalue weighted by Crippen LogP contribution is -2.53. The molecule has 172 valence electrons. The average Bonchev–Trinajstić information content (AvgIpc) is 2.69. The fourth-order valence-corrected chi connectivity index (χ4v) is 3.78. The molecule has 0 saturated heterocycles. The average molecular weight is 462 g/mol. The van der Waals surface area contributed by atoms with E-state index >= 15 is 0 Å². The maximum atomic E-state index is 13.0. The summed E-state index contributed by atoms with van der Waals surface area (Å²) in [4.78, 5) is 39.1. The van der Waals surface area contributed by atoms with Gasteiger partial charge in [0.2, 0.25) is 17.7 Å². The quantitative estimate of drug-likeness (QED) is 0.632. The number of rotatable bonds is 8. The first-order chi connectivity index (χ1) is 15.0. The van der Waals surface area contributed by atoms with Crippen LogP contribution in [0, 0.1) is 5.82 Å². The number of hydrogen-bond donors (Lipinski definition) is 2. The fourth-order valence-electron chi connectivity index (χ4n) is 2.90. The Morgan fingerprint density at radius 2 is 1.59 bits per heavy atom. The predicted octanol–water partition coefficient (Wildman–Crippen LogP) is 2.85. The van der Waals surface area contributed by atoms with Crippen LogP contribution < -0.4 is 15.5 Å². The van der Waals surface area contributed by atoms with Gasteiger partial charge in [-0.25, -0.2) is 4.39 Å². The summed E-state index contributed by atoms with van der Waals surface area (Å²) >= 11 is 0. The molecule has 9 heteroatoms. The van der Waals surface area contributed by atoms with Gasteiger partial charge in [0.05, 0.1) is 0 Å². The number of hydrogen-bond acceptors (Lipinski definition) is 4. The Balaban J connectivity index is 2.08. The minimum Gasteiger partial charge on any atom is -0.350 e. The lowest BCUT2D eigenvalue weighted by Gasteiger charge is -2.31. The number of carbonyl (C=O) groups is 3. The molecule has 7 nitrogen and oxygen atoms in total. The number of amides is 3. The molecule has 2 N–H and O–H groups in total. The van der Waals surface area contributed by atoms with Crippen molar-refractivity contribution < 1.29 is 23.0 Å². The van der Waals surface area contributed by atoms with Gasteiger partial charge in [-0.05, 0) is 64.1 Å². The SMILES string of the molecule is C[C@@H](C(=O)NC(C)(C)C)N(C(=O)C[S@](=O)CC(=O)Nc1ccc(F)cc1)c1ccccc1. The number of benzene rings is 2. The van der Waals surface area contributed by atoms with Crippen LogP contribution in [0.25, 0.3) is 0 Å². The van der Waals surface area contributed by atoms with Gasteiger partial charge in [-0.1, -0.05) is 18.2 Å². The molecule has 0 heterocycles. The van der Waals surface area contributed by atoms with E-state index in [-0.39, 0.29) is 5.91 Å². The van der Waals surface area contributed by atoms with E-state index < -0.39 is 51.5 Å². The number of nitrogens with one attached hydrogen (secondary N) is 2. The molecule has 3 amide bonds. The smallest absolute Gasteiger partial charge is 0.243 e. The molecule has 0 spiro atoms. The highest BCUT2D eigenvalue weighted by atomic mass is 32.2. The van der Waals surface area contributed by atoms with Crippen molar-refractivity contribution >= 4 is 39.9 Å². The maximum absolute atomic E-state index is 13.0. The van der Waals surface area contributed by atoms with Crippen molar-refractivity contribution in [3.05, 3.63) is 60.4 Å². The second kappa shape index (κ2) is 11.0. The monoisotopic (exact) mass is 461 g/mol. The summed E-state index contributed by atoms with van der Waals surface area (Å²) in [6.07, 6.45) is 0. The molecule has 0 aromatic heterocycles. The Morgan fingerprint density at radius 3 is 2.16 bits per heavy atom. The van der Waals surface area contributed by atoms with Crippen LogP contribution in [0.5, 0.6) is 0 Å². The van der Waals surface area contributed by atoms with Gasteiger partial charge in [-0.2, -0.15) is 0 Å². The van der Waals surface area contributed by atoms with Crippen molar-refractivity contribution in [3.63, 3.8) is 0 Å². The van der Waals surface area contributed by atoms with Gasteiger partial charge in [0.1, 0.15) is 23.4 Å². The Morgan fingerprint density at radius 1 is 1.00 bits per heavy atom. The summed E-state index contributed by atoms with van der Waals surface area (Å²) in [6.45, 7) is 7.10. The Labute approximate surface area is 189 Å². The molecular weight excluding hydrogens is 433 g/mol. The summed E-state index contributed by atoms with van der Waals surface area (Å²) in [6, 6.07) is 12.9. The van der Waals surface area contributed by atoms with Crippen LogP contribution in [0.2, 0.25) is 0 Å². The van der Waals surface area contributed by atoms with Crippen LogP contribution in [0.15, 0.2) is 54.6 Å². The minimum atomic E-state index is -1.81. The van der Waals surface area contributed by atoms with Crippen molar-refractivity contribution in [2.24, 2.45) is 0 Å². The molecule has 32 heavy (non-hydrogen) atoms. The maximum Gasteiger partial charge on any atom is 0.243 e.